The molecule has 95 heavy (non-hydrogen) atoms. The van der Waals surface area contributed by atoms with Crippen LogP contribution in [0, 0.1) is 17.8 Å². The van der Waals surface area contributed by atoms with Crippen LogP contribution in [-0.4, -0.2) is 96.7 Å². The molecule has 3 N–H and O–H groups in total. The second-order valence-corrected chi connectivity index (χ2v) is 31.5. The lowest BCUT2D eigenvalue weighted by Gasteiger charge is -2.21. The van der Waals surface area contributed by atoms with E-state index in [1.807, 2.05) is 0 Å². The second kappa shape index (κ2) is 66.6. The van der Waals surface area contributed by atoms with Gasteiger partial charge in [0.05, 0.1) is 26.4 Å². The van der Waals surface area contributed by atoms with E-state index in [4.69, 9.17) is 37.0 Å². The minimum atomic E-state index is -4.96. The van der Waals surface area contributed by atoms with Crippen LogP contribution in [0.3, 0.4) is 0 Å². The molecule has 0 heterocycles. The summed E-state index contributed by atoms with van der Waals surface area (Å²) in [5, 5.41) is 10.6. The van der Waals surface area contributed by atoms with Crippen LogP contribution in [0.1, 0.15) is 389 Å². The second-order valence-electron chi connectivity index (χ2n) is 28.6. The van der Waals surface area contributed by atoms with Gasteiger partial charge in [-0.3, -0.25) is 37.3 Å². The first kappa shape index (κ1) is 93.1. The van der Waals surface area contributed by atoms with E-state index in [1.54, 1.807) is 0 Å². The van der Waals surface area contributed by atoms with Crippen molar-refractivity contribution in [2.75, 3.05) is 39.6 Å². The van der Waals surface area contributed by atoms with Gasteiger partial charge in [0.25, 0.3) is 0 Å². The van der Waals surface area contributed by atoms with Crippen LogP contribution in [0.4, 0.5) is 0 Å². The zero-order chi connectivity index (χ0) is 70.1. The minimum Gasteiger partial charge on any atom is -0.462 e. The standard InChI is InChI=1S/C76H148O17P2/c1-8-10-11-12-13-14-15-16-17-18-19-23-26-29-35-43-50-57-73(78)86-63-71(92-75(80)59-52-45-36-30-27-24-21-20-22-25-28-33-40-47-54-67(3)4)65-90-94(82,83)88-61-70(77)62-89-95(84,85)91-66-72(64-87-74(79)58-51-44-39-38-42-49-56-69(7)9-2)93-76(81)60-53-46-37-32-31-34-41-48-55-68(5)6/h67-72,77H,8-66H2,1-7H3,(H,82,83)(H,84,85)/t69?,70-,71-,72-/m1/s1. The largest absolute Gasteiger partial charge is 0.472 e. The number of carbonyl (C=O) groups is 4. The fourth-order valence-corrected chi connectivity index (χ4v) is 13.1. The Balaban J connectivity index is 5.24. The van der Waals surface area contributed by atoms with Gasteiger partial charge in [0.15, 0.2) is 12.2 Å². The first-order chi connectivity index (χ1) is 45.8. The van der Waals surface area contributed by atoms with E-state index >= 15 is 0 Å². The summed E-state index contributed by atoms with van der Waals surface area (Å²) in [5.41, 5.74) is 0. The molecular weight excluding hydrogens is 1250 g/mol. The van der Waals surface area contributed by atoms with Gasteiger partial charge in [-0.1, -0.05) is 337 Å². The third-order valence-corrected chi connectivity index (χ3v) is 19.9. The molecule has 0 saturated heterocycles. The number of aliphatic hydroxyl groups is 1. The fourth-order valence-electron chi connectivity index (χ4n) is 11.6. The Hall–Kier alpha value is -1.94. The van der Waals surface area contributed by atoms with Crippen LogP contribution in [0.15, 0.2) is 0 Å². The number of rotatable bonds is 74. The lowest BCUT2D eigenvalue weighted by atomic mass is 10.00. The van der Waals surface area contributed by atoms with E-state index < -0.39 is 97.5 Å². The smallest absolute Gasteiger partial charge is 0.462 e. The van der Waals surface area contributed by atoms with Crippen molar-refractivity contribution in [1.29, 1.82) is 0 Å². The highest BCUT2D eigenvalue weighted by Crippen LogP contribution is 2.45. The number of unbranched alkanes of at least 4 members (excludes halogenated alkanes) is 41. The SMILES string of the molecule is CCCCCCCCCCCCCCCCCCCC(=O)OC[C@H](COP(=O)(O)OC[C@@H](O)COP(=O)(O)OC[C@@H](COC(=O)CCCCCCCCC(C)CC)OC(=O)CCCCCCCCCCC(C)C)OC(=O)CCCCCCCCCCCCCCCCC(C)C. The van der Waals surface area contributed by atoms with Crippen molar-refractivity contribution in [3.63, 3.8) is 0 Å². The Morgan fingerprint density at radius 1 is 0.305 bits per heavy atom. The molecule has 0 saturated carbocycles. The van der Waals surface area contributed by atoms with Gasteiger partial charge in [-0.15, -0.1) is 0 Å². The third kappa shape index (κ3) is 69.0. The maximum Gasteiger partial charge on any atom is 0.472 e. The van der Waals surface area contributed by atoms with E-state index in [0.717, 1.165) is 114 Å². The Morgan fingerprint density at radius 3 is 0.800 bits per heavy atom. The molecule has 3 unspecified atom stereocenters. The van der Waals surface area contributed by atoms with Crippen molar-refractivity contribution in [2.24, 2.45) is 17.8 Å². The third-order valence-electron chi connectivity index (χ3n) is 18.0. The van der Waals surface area contributed by atoms with E-state index in [-0.39, 0.29) is 25.7 Å². The maximum atomic E-state index is 13.1. The molecule has 0 fully saturated rings. The molecule has 564 valence electrons. The van der Waals surface area contributed by atoms with Gasteiger partial charge >= 0.3 is 39.5 Å². The molecule has 0 aromatic heterocycles. The number of phosphoric acid groups is 2. The zero-order valence-electron chi connectivity index (χ0n) is 62.1. The quantitative estimate of drug-likeness (QED) is 0.0222. The number of ether oxygens (including phenoxy) is 4. The average molecular weight is 1400 g/mol. The summed E-state index contributed by atoms with van der Waals surface area (Å²) in [5.74, 6) is 0.124. The van der Waals surface area contributed by atoms with Gasteiger partial charge in [0.2, 0.25) is 0 Å². The van der Waals surface area contributed by atoms with Crippen molar-refractivity contribution in [3.05, 3.63) is 0 Å². The van der Waals surface area contributed by atoms with Crippen LogP contribution in [0.2, 0.25) is 0 Å². The average Bonchev–Trinajstić information content (AvgIpc) is 2.12. The highest BCUT2D eigenvalue weighted by Gasteiger charge is 2.30. The molecule has 0 aliphatic heterocycles. The number of esters is 4. The van der Waals surface area contributed by atoms with Crippen LogP contribution >= 0.6 is 15.6 Å². The molecule has 0 aromatic carbocycles. The summed E-state index contributed by atoms with van der Waals surface area (Å²) in [6, 6.07) is 0. The molecule has 0 aliphatic carbocycles. The topological polar surface area (TPSA) is 237 Å². The van der Waals surface area contributed by atoms with Crippen LogP contribution in [-0.2, 0) is 65.4 Å². The van der Waals surface area contributed by atoms with Crippen molar-refractivity contribution in [3.8, 4) is 0 Å². The lowest BCUT2D eigenvalue weighted by molar-refractivity contribution is -0.161. The molecule has 17 nitrogen and oxygen atoms in total. The molecule has 19 heteroatoms. The molecule has 0 aliphatic rings. The van der Waals surface area contributed by atoms with Gasteiger partial charge in [0, 0.05) is 25.7 Å². The summed E-state index contributed by atoms with van der Waals surface area (Å²) >= 11 is 0. The summed E-state index contributed by atoms with van der Waals surface area (Å²) in [4.78, 5) is 72.8. The van der Waals surface area contributed by atoms with Gasteiger partial charge in [-0.05, 0) is 43.4 Å². The molecule has 0 amide bonds. The summed E-state index contributed by atoms with van der Waals surface area (Å²) in [6.07, 6.45) is 52.8. The minimum absolute atomic E-state index is 0.104. The van der Waals surface area contributed by atoms with Gasteiger partial charge in [-0.2, -0.15) is 0 Å². The number of hydrogen-bond acceptors (Lipinski definition) is 15. The molecule has 0 aromatic rings. The first-order valence-electron chi connectivity index (χ1n) is 39.4. The Labute approximate surface area is 581 Å². The monoisotopic (exact) mass is 1400 g/mol. The Bertz CT molecular complexity index is 1850. The maximum absolute atomic E-state index is 13.1. The summed E-state index contributed by atoms with van der Waals surface area (Å²) < 4.78 is 68.5. The molecule has 0 spiro atoms. The van der Waals surface area contributed by atoms with Crippen molar-refractivity contribution in [1.82, 2.24) is 0 Å². The predicted molar refractivity (Wildman–Crippen MR) is 386 cm³/mol. The van der Waals surface area contributed by atoms with E-state index in [1.165, 1.54) is 193 Å². The molecule has 6 atom stereocenters. The summed E-state index contributed by atoms with van der Waals surface area (Å²) in [6.45, 7) is 11.8. The first-order valence-corrected chi connectivity index (χ1v) is 42.4. The van der Waals surface area contributed by atoms with E-state index in [9.17, 15) is 43.2 Å². The number of carbonyl (C=O) groups excluding carboxylic acids is 4. The fraction of sp³-hybridized carbons (Fsp3) is 0.947. The van der Waals surface area contributed by atoms with E-state index in [0.29, 0.717) is 25.7 Å². The van der Waals surface area contributed by atoms with Gasteiger partial charge in [-0.25, -0.2) is 9.13 Å². The van der Waals surface area contributed by atoms with Crippen molar-refractivity contribution in [2.45, 2.75) is 407 Å². The highest BCUT2D eigenvalue weighted by atomic mass is 31.2. The normalized spacial score (nSPS) is 14.4. The summed E-state index contributed by atoms with van der Waals surface area (Å²) in [7, 11) is -9.91. The van der Waals surface area contributed by atoms with Crippen LogP contribution < -0.4 is 0 Å². The highest BCUT2D eigenvalue weighted by molar-refractivity contribution is 7.47. The van der Waals surface area contributed by atoms with Crippen LogP contribution in [0.25, 0.3) is 0 Å². The zero-order valence-corrected chi connectivity index (χ0v) is 63.9. The molecule has 0 rings (SSSR count). The van der Waals surface area contributed by atoms with Gasteiger partial charge in [0.1, 0.15) is 19.3 Å². The molecule has 0 radical (unpaired) electrons. The predicted octanol–water partition coefficient (Wildman–Crippen LogP) is 22.2. The molecular formula is C76H148O17P2. The number of hydrogen-bond donors (Lipinski definition) is 3. The van der Waals surface area contributed by atoms with Crippen LogP contribution in [0.5, 0.6) is 0 Å². The number of phosphoric ester groups is 2. The van der Waals surface area contributed by atoms with Gasteiger partial charge < -0.3 is 33.8 Å². The Morgan fingerprint density at radius 2 is 0.537 bits per heavy atom. The van der Waals surface area contributed by atoms with E-state index in [2.05, 4.69) is 48.5 Å². The van der Waals surface area contributed by atoms with Crippen molar-refractivity contribution >= 4 is 39.5 Å². The Kier molecular flexibility index (Phi) is 65.2. The number of aliphatic hydroxyl groups excluding tert-OH is 1. The lowest BCUT2D eigenvalue weighted by Crippen LogP contribution is -2.30. The van der Waals surface area contributed by atoms with Crippen molar-refractivity contribution < 1.29 is 80.2 Å². The molecule has 0 bridgehead atoms.